The number of nitrogens with one attached hydrogen (secondary N) is 1. The maximum absolute atomic E-state index is 8.73. The zero-order valence-electron chi connectivity index (χ0n) is 12.8. The first-order valence-electron chi connectivity index (χ1n) is 7.08. The number of aryl methyl sites for hydroxylation is 1. The zero-order valence-corrected chi connectivity index (χ0v) is 12.8. The van der Waals surface area contributed by atoms with E-state index in [-0.39, 0.29) is 5.41 Å². The van der Waals surface area contributed by atoms with E-state index in [4.69, 9.17) is 5.26 Å². The van der Waals surface area contributed by atoms with Crippen LogP contribution in [0.2, 0.25) is 0 Å². The molecule has 1 heterocycles. The molecule has 0 atom stereocenters. The molecule has 0 aliphatic carbocycles. The summed E-state index contributed by atoms with van der Waals surface area (Å²) in [6.07, 6.45) is 3.16. The Bertz CT molecular complexity index is 636. The second-order valence-electron chi connectivity index (χ2n) is 5.99. The monoisotopic (exact) mass is 283 g/mol. The number of hydrogen-bond donors (Lipinski definition) is 1. The summed E-state index contributed by atoms with van der Waals surface area (Å²) in [5, 5.41) is 20.3. The summed E-state index contributed by atoms with van der Waals surface area (Å²) >= 11 is 0. The molecule has 1 N–H and O–H groups in total. The van der Waals surface area contributed by atoms with Crippen LogP contribution in [-0.2, 0) is 7.05 Å². The third-order valence-corrected chi connectivity index (χ3v) is 3.55. The molecule has 0 aliphatic heterocycles. The third-order valence-electron chi connectivity index (χ3n) is 3.55. The van der Waals surface area contributed by atoms with E-state index in [1.165, 1.54) is 0 Å². The number of aromatic nitrogens is 3. The van der Waals surface area contributed by atoms with Crippen LogP contribution in [0.5, 0.6) is 0 Å². The minimum atomic E-state index is 0.0722. The molecule has 0 saturated heterocycles. The molecular formula is C16H21N5. The fourth-order valence-corrected chi connectivity index (χ4v) is 2.18. The van der Waals surface area contributed by atoms with Crippen molar-refractivity contribution in [2.75, 3.05) is 11.9 Å². The lowest BCUT2D eigenvalue weighted by atomic mass is 9.88. The molecule has 0 spiro atoms. The molecule has 1 aromatic carbocycles. The van der Waals surface area contributed by atoms with Crippen LogP contribution < -0.4 is 5.32 Å². The van der Waals surface area contributed by atoms with Gasteiger partial charge in [0.15, 0.2) is 5.82 Å². The summed E-state index contributed by atoms with van der Waals surface area (Å²) in [6.45, 7) is 5.15. The van der Waals surface area contributed by atoms with Crippen LogP contribution in [0.4, 0.5) is 5.69 Å². The van der Waals surface area contributed by atoms with Crippen molar-refractivity contribution in [2.45, 2.75) is 26.7 Å². The summed E-state index contributed by atoms with van der Waals surface area (Å²) < 4.78 is 1.90. The number of rotatable bonds is 6. The average molecular weight is 283 g/mol. The highest BCUT2D eigenvalue weighted by Gasteiger charge is 2.18. The predicted molar refractivity (Wildman–Crippen MR) is 83.6 cm³/mol. The van der Waals surface area contributed by atoms with Crippen LogP contribution in [-0.4, -0.2) is 21.3 Å². The van der Waals surface area contributed by atoms with Crippen molar-refractivity contribution < 1.29 is 0 Å². The standard InChI is InChI=1S/C16H21N5/c1-16(2,9-6-10-17)11-18-14-8-5-4-7-13(14)15-20-19-12-21(15)3/h4-5,7-8,12,18H,6,9,11H2,1-3H3. The number of benzene rings is 1. The van der Waals surface area contributed by atoms with E-state index in [1.807, 2.05) is 35.9 Å². The Balaban J connectivity index is 2.15. The Morgan fingerprint density at radius 1 is 1.33 bits per heavy atom. The van der Waals surface area contributed by atoms with Gasteiger partial charge in [0.1, 0.15) is 6.33 Å². The van der Waals surface area contributed by atoms with Crippen molar-refractivity contribution in [2.24, 2.45) is 12.5 Å². The maximum atomic E-state index is 8.73. The van der Waals surface area contributed by atoms with Gasteiger partial charge in [-0.2, -0.15) is 5.26 Å². The fourth-order valence-electron chi connectivity index (χ4n) is 2.18. The van der Waals surface area contributed by atoms with Crippen molar-refractivity contribution >= 4 is 5.69 Å². The number of nitrogens with zero attached hydrogens (tertiary/aromatic N) is 4. The molecule has 0 aliphatic rings. The van der Waals surface area contributed by atoms with Gasteiger partial charge >= 0.3 is 0 Å². The van der Waals surface area contributed by atoms with Crippen molar-refractivity contribution in [3.63, 3.8) is 0 Å². The molecular weight excluding hydrogens is 262 g/mol. The Kier molecular flexibility index (Phi) is 4.59. The number of anilines is 1. The minimum absolute atomic E-state index is 0.0722. The van der Waals surface area contributed by atoms with Crippen LogP contribution in [0.3, 0.4) is 0 Å². The third kappa shape index (κ3) is 3.82. The van der Waals surface area contributed by atoms with Gasteiger partial charge in [0.25, 0.3) is 0 Å². The molecule has 1 aromatic heterocycles. The van der Waals surface area contributed by atoms with Gasteiger partial charge in [-0.05, 0) is 24.0 Å². The second-order valence-corrected chi connectivity index (χ2v) is 5.99. The highest BCUT2D eigenvalue weighted by Crippen LogP contribution is 2.28. The second kappa shape index (κ2) is 6.40. The average Bonchev–Trinajstić information content (AvgIpc) is 2.89. The Morgan fingerprint density at radius 3 is 2.76 bits per heavy atom. The van der Waals surface area contributed by atoms with Crippen LogP contribution in [0.15, 0.2) is 30.6 Å². The predicted octanol–water partition coefficient (Wildman–Crippen LogP) is 3.22. The lowest BCUT2D eigenvalue weighted by Gasteiger charge is -2.25. The molecule has 0 saturated carbocycles. The van der Waals surface area contributed by atoms with Crippen molar-refractivity contribution in [1.82, 2.24) is 14.8 Å². The molecule has 0 amide bonds. The number of hydrogen-bond acceptors (Lipinski definition) is 4. The Morgan fingerprint density at radius 2 is 2.10 bits per heavy atom. The molecule has 5 nitrogen and oxygen atoms in total. The van der Waals surface area contributed by atoms with Gasteiger partial charge in [0.05, 0.1) is 6.07 Å². The SMILES string of the molecule is Cn1cnnc1-c1ccccc1NCC(C)(C)CCC#N. The quantitative estimate of drug-likeness (QED) is 0.884. The molecule has 2 rings (SSSR count). The van der Waals surface area contributed by atoms with Gasteiger partial charge in [-0.25, -0.2) is 0 Å². The summed E-state index contributed by atoms with van der Waals surface area (Å²) in [6, 6.07) is 10.3. The van der Waals surface area contributed by atoms with Crippen LogP contribution in [0, 0.1) is 16.7 Å². The number of para-hydroxylation sites is 1. The Labute approximate surface area is 125 Å². The van der Waals surface area contributed by atoms with Gasteiger partial charge in [-0.15, -0.1) is 10.2 Å². The van der Waals surface area contributed by atoms with Gasteiger partial charge in [0, 0.05) is 31.3 Å². The first kappa shape index (κ1) is 15.0. The molecule has 0 fully saturated rings. The normalized spacial score (nSPS) is 11.1. The summed E-state index contributed by atoms with van der Waals surface area (Å²) in [5.41, 5.74) is 2.15. The van der Waals surface area contributed by atoms with E-state index in [0.717, 1.165) is 30.0 Å². The van der Waals surface area contributed by atoms with Gasteiger partial charge in [-0.1, -0.05) is 26.0 Å². The smallest absolute Gasteiger partial charge is 0.165 e. The molecule has 5 heteroatoms. The molecule has 21 heavy (non-hydrogen) atoms. The molecule has 110 valence electrons. The summed E-state index contributed by atoms with van der Waals surface area (Å²) in [7, 11) is 1.93. The molecule has 2 aromatic rings. The van der Waals surface area contributed by atoms with E-state index >= 15 is 0 Å². The van der Waals surface area contributed by atoms with E-state index in [1.54, 1.807) is 6.33 Å². The minimum Gasteiger partial charge on any atom is -0.384 e. The first-order valence-corrected chi connectivity index (χ1v) is 7.08. The maximum Gasteiger partial charge on any atom is 0.165 e. The lowest BCUT2D eigenvalue weighted by Crippen LogP contribution is -2.23. The van der Waals surface area contributed by atoms with Gasteiger partial charge < -0.3 is 9.88 Å². The molecule has 0 bridgehead atoms. The highest BCUT2D eigenvalue weighted by atomic mass is 15.2. The van der Waals surface area contributed by atoms with E-state index < -0.39 is 0 Å². The topological polar surface area (TPSA) is 66.5 Å². The van der Waals surface area contributed by atoms with E-state index in [0.29, 0.717) is 6.42 Å². The van der Waals surface area contributed by atoms with E-state index in [9.17, 15) is 0 Å². The van der Waals surface area contributed by atoms with Crippen molar-refractivity contribution in [1.29, 1.82) is 5.26 Å². The summed E-state index contributed by atoms with van der Waals surface area (Å²) in [5.74, 6) is 0.841. The van der Waals surface area contributed by atoms with Crippen LogP contribution in [0.25, 0.3) is 11.4 Å². The van der Waals surface area contributed by atoms with Crippen LogP contribution >= 0.6 is 0 Å². The van der Waals surface area contributed by atoms with Gasteiger partial charge in [-0.3, -0.25) is 0 Å². The van der Waals surface area contributed by atoms with Gasteiger partial charge in [0.2, 0.25) is 0 Å². The summed E-state index contributed by atoms with van der Waals surface area (Å²) in [4.78, 5) is 0. The molecule has 0 radical (unpaired) electrons. The lowest BCUT2D eigenvalue weighted by molar-refractivity contribution is 0.364. The molecule has 0 unspecified atom stereocenters. The zero-order chi connectivity index (χ0) is 15.3. The van der Waals surface area contributed by atoms with Crippen LogP contribution in [0.1, 0.15) is 26.7 Å². The van der Waals surface area contributed by atoms with E-state index in [2.05, 4.69) is 35.4 Å². The largest absolute Gasteiger partial charge is 0.384 e. The first-order chi connectivity index (χ1) is 10.0. The van der Waals surface area contributed by atoms with Crippen molar-refractivity contribution in [3.05, 3.63) is 30.6 Å². The highest BCUT2D eigenvalue weighted by molar-refractivity contribution is 5.73. The Hall–Kier alpha value is -2.35. The fraction of sp³-hybridized carbons (Fsp3) is 0.438. The van der Waals surface area contributed by atoms with Crippen molar-refractivity contribution in [3.8, 4) is 17.5 Å². The number of nitriles is 1.